The molecule has 0 saturated heterocycles. The Bertz CT molecular complexity index is 972. The van der Waals surface area contributed by atoms with E-state index in [0.29, 0.717) is 0 Å². The predicted octanol–water partition coefficient (Wildman–Crippen LogP) is 4.70. The first kappa shape index (κ1) is 13.6. The molecule has 0 amide bonds. The molecule has 0 bridgehead atoms. The third-order valence-electron chi connectivity index (χ3n) is 3.98. The number of ether oxygens (including phenoxy) is 1. The van der Waals surface area contributed by atoms with Crippen molar-refractivity contribution in [1.29, 1.82) is 0 Å². The van der Waals surface area contributed by atoms with Crippen LogP contribution in [0.5, 0.6) is 5.75 Å². The Morgan fingerprint density at radius 3 is 2.48 bits per heavy atom. The smallest absolute Gasteiger partial charge is 0.119 e. The summed E-state index contributed by atoms with van der Waals surface area (Å²) >= 11 is 0. The van der Waals surface area contributed by atoms with Crippen LogP contribution in [0.25, 0.3) is 27.8 Å². The van der Waals surface area contributed by atoms with Crippen molar-refractivity contribution < 1.29 is 4.74 Å². The Hall–Kier alpha value is -3.07. The Kier molecular flexibility index (Phi) is 3.31. The van der Waals surface area contributed by atoms with E-state index in [1.54, 1.807) is 7.11 Å². The molecule has 0 fully saturated rings. The van der Waals surface area contributed by atoms with Gasteiger partial charge in [-0.15, -0.1) is 0 Å². The first-order valence-electron chi connectivity index (χ1n) is 7.52. The number of benzene rings is 3. The molecule has 112 valence electrons. The summed E-state index contributed by atoms with van der Waals surface area (Å²) in [6, 6.07) is 24.7. The molecule has 3 aromatic carbocycles. The minimum atomic E-state index is 0.862. The van der Waals surface area contributed by atoms with Gasteiger partial charge in [0.1, 0.15) is 12.1 Å². The number of hydrogen-bond donors (Lipinski definition) is 0. The highest BCUT2D eigenvalue weighted by atomic mass is 16.5. The molecule has 1 aromatic heterocycles. The molecule has 0 radical (unpaired) electrons. The number of fused-ring (bicyclic) bond motifs is 1. The van der Waals surface area contributed by atoms with Crippen LogP contribution in [0, 0.1) is 0 Å². The van der Waals surface area contributed by atoms with E-state index in [2.05, 4.69) is 45.9 Å². The summed E-state index contributed by atoms with van der Waals surface area (Å²) in [5, 5.41) is 0. The lowest BCUT2D eigenvalue weighted by molar-refractivity contribution is 0.415. The van der Waals surface area contributed by atoms with Gasteiger partial charge < -0.3 is 4.74 Å². The molecule has 0 saturated carbocycles. The van der Waals surface area contributed by atoms with Crippen LogP contribution >= 0.6 is 0 Å². The highest BCUT2D eigenvalue weighted by molar-refractivity contribution is 5.78. The molecule has 23 heavy (non-hydrogen) atoms. The van der Waals surface area contributed by atoms with Gasteiger partial charge in [-0.1, -0.05) is 36.4 Å². The average Bonchev–Trinajstić information content (AvgIpc) is 3.06. The number of para-hydroxylation sites is 2. The molecule has 0 aliphatic heterocycles. The molecular weight excluding hydrogens is 284 g/mol. The van der Waals surface area contributed by atoms with Crippen LogP contribution in [0.1, 0.15) is 0 Å². The lowest BCUT2D eigenvalue weighted by Crippen LogP contribution is -1.92. The third kappa shape index (κ3) is 2.46. The second-order valence-electron chi connectivity index (χ2n) is 5.39. The van der Waals surface area contributed by atoms with Crippen LogP contribution in [-0.4, -0.2) is 16.7 Å². The molecule has 1 heterocycles. The maximum atomic E-state index is 5.32. The standard InChI is InChI=1S/C20H16N2O/c1-23-18-9-5-7-16(13-18)15-6-4-8-17(12-15)22-14-21-19-10-2-3-11-20(19)22/h2-14H,1H3. The Balaban J connectivity index is 1.82. The summed E-state index contributed by atoms with van der Waals surface area (Å²) in [5.74, 6) is 0.862. The molecule has 4 rings (SSSR count). The third-order valence-corrected chi connectivity index (χ3v) is 3.98. The average molecular weight is 300 g/mol. The van der Waals surface area contributed by atoms with Gasteiger partial charge in [-0.05, 0) is 47.5 Å². The van der Waals surface area contributed by atoms with Crippen LogP contribution in [0.15, 0.2) is 79.1 Å². The van der Waals surface area contributed by atoms with E-state index < -0.39 is 0 Å². The summed E-state index contributed by atoms with van der Waals surface area (Å²) in [4.78, 5) is 4.47. The quantitative estimate of drug-likeness (QED) is 0.548. The maximum Gasteiger partial charge on any atom is 0.119 e. The number of hydrogen-bond acceptors (Lipinski definition) is 2. The lowest BCUT2D eigenvalue weighted by Gasteiger charge is -2.09. The van der Waals surface area contributed by atoms with Crippen molar-refractivity contribution in [3.05, 3.63) is 79.1 Å². The molecule has 3 nitrogen and oxygen atoms in total. The Labute approximate surface area is 134 Å². The topological polar surface area (TPSA) is 27.1 Å². The molecule has 0 aliphatic rings. The summed E-state index contributed by atoms with van der Waals surface area (Å²) in [5.41, 5.74) is 5.49. The molecule has 0 unspecified atom stereocenters. The monoisotopic (exact) mass is 300 g/mol. The maximum absolute atomic E-state index is 5.32. The van der Waals surface area contributed by atoms with Gasteiger partial charge in [0.2, 0.25) is 0 Å². The highest BCUT2D eigenvalue weighted by Gasteiger charge is 2.06. The Morgan fingerprint density at radius 2 is 1.61 bits per heavy atom. The summed E-state index contributed by atoms with van der Waals surface area (Å²) in [6.07, 6.45) is 1.87. The van der Waals surface area contributed by atoms with Crippen molar-refractivity contribution in [2.75, 3.05) is 7.11 Å². The van der Waals surface area contributed by atoms with Crippen molar-refractivity contribution >= 4 is 11.0 Å². The van der Waals surface area contributed by atoms with E-state index in [1.807, 2.05) is 42.7 Å². The van der Waals surface area contributed by atoms with Gasteiger partial charge in [0.15, 0.2) is 0 Å². The van der Waals surface area contributed by atoms with Gasteiger partial charge in [-0.2, -0.15) is 0 Å². The van der Waals surface area contributed by atoms with Gasteiger partial charge >= 0.3 is 0 Å². The molecular formula is C20H16N2O. The van der Waals surface area contributed by atoms with E-state index in [1.165, 1.54) is 0 Å². The van der Waals surface area contributed by atoms with Crippen molar-refractivity contribution in [2.24, 2.45) is 0 Å². The van der Waals surface area contributed by atoms with Crippen molar-refractivity contribution in [3.8, 4) is 22.6 Å². The molecule has 3 heteroatoms. The molecule has 0 N–H and O–H groups in total. The van der Waals surface area contributed by atoms with E-state index in [-0.39, 0.29) is 0 Å². The van der Waals surface area contributed by atoms with Gasteiger partial charge in [-0.25, -0.2) is 4.98 Å². The van der Waals surface area contributed by atoms with Gasteiger partial charge in [-0.3, -0.25) is 4.57 Å². The fourth-order valence-electron chi connectivity index (χ4n) is 2.80. The number of nitrogens with zero attached hydrogens (tertiary/aromatic N) is 2. The second-order valence-corrected chi connectivity index (χ2v) is 5.39. The number of imidazole rings is 1. The van der Waals surface area contributed by atoms with E-state index in [4.69, 9.17) is 4.74 Å². The van der Waals surface area contributed by atoms with Crippen molar-refractivity contribution in [1.82, 2.24) is 9.55 Å². The van der Waals surface area contributed by atoms with Crippen LogP contribution in [0.3, 0.4) is 0 Å². The summed E-state index contributed by atoms with van der Waals surface area (Å²) < 4.78 is 7.43. The predicted molar refractivity (Wildman–Crippen MR) is 93.1 cm³/mol. The molecule has 0 atom stereocenters. The van der Waals surface area contributed by atoms with Crippen LogP contribution in [0.4, 0.5) is 0 Å². The fraction of sp³-hybridized carbons (Fsp3) is 0.0500. The zero-order valence-corrected chi connectivity index (χ0v) is 12.8. The first-order chi connectivity index (χ1) is 11.3. The normalized spacial score (nSPS) is 10.8. The highest BCUT2D eigenvalue weighted by Crippen LogP contribution is 2.26. The van der Waals surface area contributed by atoms with Gasteiger partial charge in [0.05, 0.1) is 18.1 Å². The van der Waals surface area contributed by atoms with Crippen LogP contribution < -0.4 is 4.74 Å². The second kappa shape index (κ2) is 5.61. The lowest BCUT2D eigenvalue weighted by atomic mass is 10.0. The molecule has 0 aliphatic carbocycles. The number of methoxy groups -OCH3 is 1. The van der Waals surface area contributed by atoms with E-state index in [0.717, 1.165) is 33.6 Å². The molecule has 0 spiro atoms. The minimum Gasteiger partial charge on any atom is -0.497 e. The summed E-state index contributed by atoms with van der Waals surface area (Å²) in [7, 11) is 1.69. The first-order valence-corrected chi connectivity index (χ1v) is 7.52. The van der Waals surface area contributed by atoms with Crippen LogP contribution in [-0.2, 0) is 0 Å². The van der Waals surface area contributed by atoms with Gasteiger partial charge in [0.25, 0.3) is 0 Å². The number of rotatable bonds is 3. The van der Waals surface area contributed by atoms with Crippen LogP contribution in [0.2, 0.25) is 0 Å². The van der Waals surface area contributed by atoms with Crippen molar-refractivity contribution in [2.45, 2.75) is 0 Å². The minimum absolute atomic E-state index is 0.862. The SMILES string of the molecule is COc1cccc(-c2cccc(-n3cnc4ccccc43)c2)c1. The summed E-state index contributed by atoms with van der Waals surface area (Å²) in [6.45, 7) is 0. The fourth-order valence-corrected chi connectivity index (χ4v) is 2.80. The van der Waals surface area contributed by atoms with Crippen molar-refractivity contribution in [3.63, 3.8) is 0 Å². The zero-order valence-electron chi connectivity index (χ0n) is 12.8. The van der Waals surface area contributed by atoms with E-state index in [9.17, 15) is 0 Å². The Morgan fingerprint density at radius 1 is 0.826 bits per heavy atom. The largest absolute Gasteiger partial charge is 0.497 e. The zero-order chi connectivity index (χ0) is 15.6. The molecule has 4 aromatic rings. The number of aromatic nitrogens is 2. The van der Waals surface area contributed by atoms with E-state index >= 15 is 0 Å². The van der Waals surface area contributed by atoms with Gasteiger partial charge in [0, 0.05) is 5.69 Å².